The molecule has 0 unspecified atom stereocenters. The predicted molar refractivity (Wildman–Crippen MR) is 157 cm³/mol. The summed E-state index contributed by atoms with van der Waals surface area (Å²) >= 11 is 7.42. The normalized spacial score (nSPS) is 10.5. The van der Waals surface area contributed by atoms with Gasteiger partial charge >= 0.3 is 0 Å². The van der Waals surface area contributed by atoms with E-state index >= 15 is 0 Å². The minimum Gasteiger partial charge on any atom is -0.0622 e. The first-order valence-electron chi connectivity index (χ1n) is 12.3. The topological polar surface area (TPSA) is 0 Å². The first kappa shape index (κ1) is 26.4. The van der Waals surface area contributed by atoms with Crippen molar-refractivity contribution in [3.8, 4) is 22.3 Å². The molecule has 0 spiro atoms. The molecule has 0 N–H and O–H groups in total. The molecular weight excluding hydrogens is 544 g/mol. The molecule has 0 aliphatic heterocycles. The summed E-state index contributed by atoms with van der Waals surface area (Å²) in [6, 6.07) is 30.3. The van der Waals surface area contributed by atoms with Gasteiger partial charge in [-0.2, -0.15) is 0 Å². The van der Waals surface area contributed by atoms with Crippen LogP contribution in [0.5, 0.6) is 0 Å². The zero-order valence-corrected chi connectivity index (χ0v) is 23.8. The summed E-state index contributed by atoms with van der Waals surface area (Å²) in [6.45, 7) is 8.81. The van der Waals surface area contributed by atoms with Crippen LogP contribution >= 0.6 is 31.9 Å². The zero-order chi connectivity index (χ0) is 24.5. The van der Waals surface area contributed by atoms with Gasteiger partial charge in [0.05, 0.1) is 0 Å². The third-order valence-electron chi connectivity index (χ3n) is 6.18. The van der Waals surface area contributed by atoms with Crippen LogP contribution in [-0.4, -0.2) is 0 Å². The van der Waals surface area contributed by atoms with Crippen molar-refractivity contribution < 1.29 is 0 Å². The van der Waals surface area contributed by atoms with Crippen LogP contribution in [-0.2, 0) is 25.7 Å². The van der Waals surface area contributed by atoms with E-state index in [4.69, 9.17) is 0 Å². The van der Waals surface area contributed by atoms with Crippen LogP contribution in [0.15, 0.2) is 93.9 Å². The largest absolute Gasteiger partial charge is 0.0622 e. The number of aryl methyl sites for hydroxylation is 4. The molecule has 176 valence electrons. The van der Waals surface area contributed by atoms with Crippen molar-refractivity contribution >= 4 is 31.9 Å². The first-order chi connectivity index (χ1) is 16.5. The zero-order valence-electron chi connectivity index (χ0n) is 20.7. The lowest BCUT2D eigenvalue weighted by atomic mass is 9.98. The van der Waals surface area contributed by atoms with E-state index in [-0.39, 0.29) is 0 Å². The van der Waals surface area contributed by atoms with E-state index in [1.54, 1.807) is 0 Å². The van der Waals surface area contributed by atoms with E-state index in [1.807, 2.05) is 0 Å². The quantitative estimate of drug-likeness (QED) is 0.214. The Morgan fingerprint density at radius 2 is 0.676 bits per heavy atom. The van der Waals surface area contributed by atoms with Gasteiger partial charge in [0.25, 0.3) is 0 Å². The summed E-state index contributed by atoms with van der Waals surface area (Å²) in [5.41, 5.74) is 10.8. The molecule has 0 radical (unpaired) electrons. The van der Waals surface area contributed by atoms with Gasteiger partial charge in [0.2, 0.25) is 0 Å². The van der Waals surface area contributed by atoms with E-state index in [2.05, 4.69) is 144 Å². The summed E-state index contributed by atoms with van der Waals surface area (Å²) in [5.74, 6) is 0. The highest BCUT2D eigenvalue weighted by atomic mass is 79.9. The first-order valence-corrected chi connectivity index (χ1v) is 13.8. The summed E-state index contributed by atoms with van der Waals surface area (Å²) in [6.07, 6.45) is 4.25. The van der Waals surface area contributed by atoms with Crippen molar-refractivity contribution in [1.29, 1.82) is 0 Å². The Labute approximate surface area is 222 Å². The van der Waals surface area contributed by atoms with Crippen LogP contribution in [0.4, 0.5) is 0 Å². The molecule has 0 saturated heterocycles. The summed E-state index contributed by atoms with van der Waals surface area (Å²) in [4.78, 5) is 0. The van der Waals surface area contributed by atoms with Gasteiger partial charge in [-0.05, 0) is 70.2 Å². The smallest absolute Gasteiger partial charge is 0.0239 e. The molecule has 0 nitrogen and oxygen atoms in total. The second-order valence-electron chi connectivity index (χ2n) is 8.36. The maximum Gasteiger partial charge on any atom is 0.0239 e. The highest BCUT2D eigenvalue weighted by molar-refractivity contribution is 9.10. The Morgan fingerprint density at radius 3 is 0.912 bits per heavy atom. The van der Waals surface area contributed by atoms with Gasteiger partial charge in [0.1, 0.15) is 0 Å². The SMILES string of the molecule is CCc1cc(-c2ccccc2)cc(CC)c1Br.CCc1cc(-c2ccccc2)cc(CC)c1Br. The minimum absolute atomic E-state index is 1.06. The van der Waals surface area contributed by atoms with Gasteiger partial charge in [-0.3, -0.25) is 0 Å². The molecule has 0 bridgehead atoms. The predicted octanol–water partition coefficient (Wildman–Crippen LogP) is 10.5. The maximum absolute atomic E-state index is 3.71. The van der Waals surface area contributed by atoms with Crippen molar-refractivity contribution in [2.24, 2.45) is 0 Å². The molecule has 0 atom stereocenters. The van der Waals surface area contributed by atoms with Crippen molar-refractivity contribution in [2.75, 3.05) is 0 Å². The fourth-order valence-electron chi connectivity index (χ4n) is 4.12. The van der Waals surface area contributed by atoms with Gasteiger partial charge in [-0.1, -0.05) is 144 Å². The molecule has 0 heterocycles. The highest BCUT2D eigenvalue weighted by Gasteiger charge is 2.08. The lowest BCUT2D eigenvalue weighted by molar-refractivity contribution is 1.07. The second kappa shape index (κ2) is 13.1. The molecule has 0 saturated carbocycles. The Kier molecular flexibility index (Phi) is 10.2. The maximum atomic E-state index is 3.71. The molecule has 0 amide bonds. The molecule has 2 heteroatoms. The minimum atomic E-state index is 1.06. The monoisotopic (exact) mass is 576 g/mol. The standard InChI is InChI=1S/2C16H17Br/c2*1-3-12-10-15(11-13(4-2)16(12)17)14-8-6-5-7-9-14/h2*5-11H,3-4H2,1-2H3. The van der Waals surface area contributed by atoms with Crippen LogP contribution in [0.25, 0.3) is 22.3 Å². The third-order valence-corrected chi connectivity index (χ3v) is 8.22. The number of benzene rings is 4. The highest BCUT2D eigenvalue weighted by Crippen LogP contribution is 2.31. The number of hydrogen-bond acceptors (Lipinski definition) is 0. The van der Waals surface area contributed by atoms with Gasteiger partial charge in [-0.25, -0.2) is 0 Å². The number of halogens is 2. The molecule has 0 aliphatic carbocycles. The number of hydrogen-bond donors (Lipinski definition) is 0. The molecule has 0 aromatic heterocycles. The van der Waals surface area contributed by atoms with E-state index in [9.17, 15) is 0 Å². The summed E-state index contributed by atoms with van der Waals surface area (Å²) in [5, 5.41) is 0. The average Bonchev–Trinajstić information content (AvgIpc) is 2.90. The van der Waals surface area contributed by atoms with E-state index in [0.29, 0.717) is 0 Å². The lowest BCUT2D eigenvalue weighted by Crippen LogP contribution is -1.92. The van der Waals surface area contributed by atoms with Crippen molar-refractivity contribution in [1.82, 2.24) is 0 Å². The van der Waals surface area contributed by atoms with Gasteiger partial charge in [0.15, 0.2) is 0 Å². The Bertz CT molecular complexity index is 1050. The van der Waals surface area contributed by atoms with Crippen molar-refractivity contribution in [3.63, 3.8) is 0 Å². The van der Waals surface area contributed by atoms with Crippen molar-refractivity contribution in [2.45, 2.75) is 53.4 Å². The molecule has 4 rings (SSSR count). The fourth-order valence-corrected chi connectivity index (χ4v) is 5.70. The second-order valence-corrected chi connectivity index (χ2v) is 9.95. The lowest BCUT2D eigenvalue weighted by Gasteiger charge is -2.11. The Hall–Kier alpha value is -2.16. The third kappa shape index (κ3) is 6.49. The fraction of sp³-hybridized carbons (Fsp3) is 0.250. The molecule has 0 fully saturated rings. The molecular formula is C32H34Br2. The summed E-state index contributed by atoms with van der Waals surface area (Å²) < 4.78 is 2.56. The van der Waals surface area contributed by atoms with Crippen LogP contribution in [0.3, 0.4) is 0 Å². The van der Waals surface area contributed by atoms with Gasteiger partial charge in [0, 0.05) is 8.95 Å². The van der Waals surface area contributed by atoms with Gasteiger partial charge < -0.3 is 0 Å². The van der Waals surface area contributed by atoms with Crippen LogP contribution in [0.2, 0.25) is 0 Å². The van der Waals surface area contributed by atoms with Crippen LogP contribution in [0, 0.1) is 0 Å². The van der Waals surface area contributed by atoms with Crippen LogP contribution < -0.4 is 0 Å². The molecule has 4 aromatic carbocycles. The van der Waals surface area contributed by atoms with E-state index < -0.39 is 0 Å². The van der Waals surface area contributed by atoms with E-state index in [1.165, 1.54) is 53.5 Å². The van der Waals surface area contributed by atoms with Gasteiger partial charge in [-0.15, -0.1) is 0 Å². The van der Waals surface area contributed by atoms with E-state index in [0.717, 1.165) is 25.7 Å². The Morgan fingerprint density at radius 1 is 0.412 bits per heavy atom. The van der Waals surface area contributed by atoms with Crippen LogP contribution in [0.1, 0.15) is 49.9 Å². The van der Waals surface area contributed by atoms with Crippen molar-refractivity contribution in [3.05, 3.63) is 116 Å². The molecule has 34 heavy (non-hydrogen) atoms. The average molecular weight is 578 g/mol. The Balaban J connectivity index is 0.000000191. The molecule has 4 aromatic rings. The number of rotatable bonds is 6. The summed E-state index contributed by atoms with van der Waals surface area (Å²) in [7, 11) is 0. The molecule has 0 aliphatic rings.